The molecule has 9 rings (SSSR count). The average molecular weight is 782 g/mol. The van der Waals surface area contributed by atoms with E-state index in [0.29, 0.717) is 12.0 Å². The first-order valence-corrected chi connectivity index (χ1v) is 20.2. The molecule has 58 heavy (non-hydrogen) atoms. The molecule has 13 nitrogen and oxygen atoms in total. The van der Waals surface area contributed by atoms with Crippen LogP contribution in [-0.4, -0.2) is 131 Å². The summed E-state index contributed by atoms with van der Waals surface area (Å²) in [5.74, 6) is 2.56. The van der Waals surface area contributed by atoms with Crippen LogP contribution < -0.4 is 15.4 Å². The number of anilines is 2. The van der Waals surface area contributed by atoms with Gasteiger partial charge in [0, 0.05) is 124 Å². The van der Waals surface area contributed by atoms with Gasteiger partial charge in [0.15, 0.2) is 0 Å². The van der Waals surface area contributed by atoms with Gasteiger partial charge in [-0.1, -0.05) is 24.3 Å². The zero-order chi connectivity index (χ0) is 40.0. The molecule has 2 saturated heterocycles. The molecule has 300 valence electrons. The van der Waals surface area contributed by atoms with Gasteiger partial charge in [-0.3, -0.25) is 14.6 Å². The molecule has 0 radical (unpaired) electrons. The van der Waals surface area contributed by atoms with Gasteiger partial charge in [-0.15, -0.1) is 0 Å². The smallest absolute Gasteiger partial charge is 0.253 e. The second-order valence-corrected chi connectivity index (χ2v) is 15.4. The molecule has 0 bridgehead atoms. The zero-order valence-electron chi connectivity index (χ0n) is 33.2. The number of benzene rings is 2. The Morgan fingerprint density at radius 1 is 0.638 bits per heavy atom. The molecule has 2 unspecified atom stereocenters. The molecule has 2 amide bonds. The summed E-state index contributed by atoms with van der Waals surface area (Å²) in [5.41, 5.74) is 7.29. The van der Waals surface area contributed by atoms with Crippen LogP contribution in [0.25, 0.3) is 22.3 Å². The van der Waals surface area contributed by atoms with Crippen molar-refractivity contribution in [1.82, 2.24) is 34.6 Å². The summed E-state index contributed by atoms with van der Waals surface area (Å²) in [7, 11) is 4.17. The number of hydrogen-bond donors (Lipinski definition) is 3. The molecule has 2 atom stereocenters. The third kappa shape index (κ3) is 8.96. The number of piperazine rings is 2. The summed E-state index contributed by atoms with van der Waals surface area (Å²) < 4.78 is 6.20. The molecule has 0 saturated carbocycles. The van der Waals surface area contributed by atoms with Gasteiger partial charge in [0.25, 0.3) is 11.8 Å². The predicted molar refractivity (Wildman–Crippen MR) is 225 cm³/mol. The van der Waals surface area contributed by atoms with Crippen molar-refractivity contribution in [3.8, 4) is 28.0 Å². The summed E-state index contributed by atoms with van der Waals surface area (Å²) in [4.78, 5) is 47.0. The van der Waals surface area contributed by atoms with Crippen LogP contribution in [0.15, 0.2) is 97.6 Å². The molecule has 13 heteroatoms. The minimum Gasteiger partial charge on any atom is -0.484 e. The van der Waals surface area contributed by atoms with Gasteiger partial charge in [0.2, 0.25) is 0 Å². The van der Waals surface area contributed by atoms with E-state index in [1.807, 2.05) is 82.7 Å². The normalized spacial score (nSPS) is 19.4. The molecule has 7 heterocycles. The molecule has 4 aliphatic heterocycles. The van der Waals surface area contributed by atoms with Crippen molar-refractivity contribution >= 4 is 23.5 Å². The Bertz CT molecular complexity index is 2190. The van der Waals surface area contributed by atoms with Gasteiger partial charge in [-0.05, 0) is 80.2 Å². The fraction of sp³-hybridized carbons (Fsp3) is 0.356. The minimum absolute atomic E-state index is 0.0824. The second kappa shape index (κ2) is 17.7. The molecule has 3 N–H and O–H groups in total. The summed E-state index contributed by atoms with van der Waals surface area (Å²) in [5, 5.41) is 16.7. The highest BCUT2D eigenvalue weighted by Gasteiger charge is 2.25. The van der Waals surface area contributed by atoms with Crippen molar-refractivity contribution < 1.29 is 19.4 Å². The lowest BCUT2D eigenvalue weighted by Gasteiger charge is -2.32. The number of nitrogens with one attached hydrogen (secondary N) is 2. The van der Waals surface area contributed by atoms with Gasteiger partial charge in [0.05, 0.1) is 12.3 Å². The number of pyridine rings is 3. The number of likely N-dealkylation sites (N-methyl/N-ethyl adjacent to an activating group) is 2. The predicted octanol–water partition coefficient (Wildman–Crippen LogP) is 5.45. The molecule has 0 aliphatic carbocycles. The van der Waals surface area contributed by atoms with E-state index in [1.54, 1.807) is 18.6 Å². The maximum absolute atomic E-state index is 12.8. The molecule has 5 aromatic rings. The number of amides is 2. The minimum atomic E-state index is -0.475. The van der Waals surface area contributed by atoms with Crippen LogP contribution in [0.5, 0.6) is 5.75 Å². The Kier molecular flexibility index (Phi) is 11.9. The molecular weight excluding hydrogens is 731 g/mol. The summed E-state index contributed by atoms with van der Waals surface area (Å²) >= 11 is 0. The van der Waals surface area contributed by atoms with E-state index in [2.05, 4.69) is 55.5 Å². The van der Waals surface area contributed by atoms with Crippen molar-refractivity contribution in [2.24, 2.45) is 0 Å². The van der Waals surface area contributed by atoms with Gasteiger partial charge in [-0.2, -0.15) is 0 Å². The maximum atomic E-state index is 12.8. The van der Waals surface area contributed by atoms with Crippen molar-refractivity contribution in [3.63, 3.8) is 0 Å². The largest absolute Gasteiger partial charge is 0.484 e. The van der Waals surface area contributed by atoms with Crippen LogP contribution in [0, 0.1) is 0 Å². The fourth-order valence-corrected chi connectivity index (χ4v) is 7.73. The van der Waals surface area contributed by atoms with Crippen molar-refractivity contribution in [2.45, 2.75) is 25.0 Å². The SMILES string of the molecule is CN1CCN(C(=O)c2ccc(-c3cnc4c(c3)C(O)CCN4)cc2)CC1.CN1CCN(C(=O)c2ccc(-c3cnc4c(c3)C(Oc3cccnc3)CCN4)cc2)CC1. The number of carbonyl (C=O) groups excluding carboxylic acids is 2. The van der Waals surface area contributed by atoms with E-state index in [-0.39, 0.29) is 17.9 Å². The second-order valence-electron chi connectivity index (χ2n) is 15.4. The van der Waals surface area contributed by atoms with Gasteiger partial charge >= 0.3 is 0 Å². The fourth-order valence-electron chi connectivity index (χ4n) is 7.73. The number of rotatable bonds is 6. The zero-order valence-corrected chi connectivity index (χ0v) is 33.2. The van der Waals surface area contributed by atoms with E-state index in [1.165, 1.54) is 0 Å². The van der Waals surface area contributed by atoms with Crippen molar-refractivity contribution in [2.75, 3.05) is 90.2 Å². The first-order chi connectivity index (χ1) is 28.3. The van der Waals surface area contributed by atoms with Crippen LogP contribution in [0.2, 0.25) is 0 Å². The van der Waals surface area contributed by atoms with Crippen LogP contribution in [0.4, 0.5) is 11.6 Å². The molecule has 2 fully saturated rings. The summed E-state index contributed by atoms with van der Waals surface area (Å²) in [6, 6.07) is 23.4. The lowest BCUT2D eigenvalue weighted by molar-refractivity contribution is 0.0657. The highest BCUT2D eigenvalue weighted by Crippen LogP contribution is 2.35. The van der Waals surface area contributed by atoms with E-state index >= 15 is 0 Å². The number of hydrogen-bond acceptors (Lipinski definition) is 11. The Morgan fingerprint density at radius 3 is 1.66 bits per heavy atom. The van der Waals surface area contributed by atoms with Crippen molar-refractivity contribution in [1.29, 1.82) is 0 Å². The molecule has 2 aromatic carbocycles. The number of aromatic nitrogens is 3. The van der Waals surface area contributed by atoms with Gasteiger partial charge in [0.1, 0.15) is 23.5 Å². The molecule has 3 aromatic heterocycles. The molecule has 0 spiro atoms. The van der Waals surface area contributed by atoms with Crippen LogP contribution in [-0.2, 0) is 0 Å². The molecular formula is C45H51N9O4. The summed E-state index contributed by atoms with van der Waals surface area (Å²) in [6.45, 7) is 8.32. The lowest BCUT2D eigenvalue weighted by Crippen LogP contribution is -2.47. The van der Waals surface area contributed by atoms with Crippen LogP contribution in [0.3, 0.4) is 0 Å². The topological polar surface area (TPSA) is 139 Å². The monoisotopic (exact) mass is 781 g/mol. The number of fused-ring (bicyclic) bond motifs is 2. The summed E-state index contributed by atoms with van der Waals surface area (Å²) in [6.07, 6.45) is 8.13. The first-order valence-electron chi connectivity index (χ1n) is 20.2. The maximum Gasteiger partial charge on any atom is 0.253 e. The third-order valence-electron chi connectivity index (χ3n) is 11.4. The van der Waals surface area contributed by atoms with E-state index in [9.17, 15) is 14.7 Å². The van der Waals surface area contributed by atoms with Gasteiger partial charge in [-0.25, -0.2) is 9.97 Å². The number of nitrogens with zero attached hydrogens (tertiary/aromatic N) is 7. The average Bonchev–Trinajstić information content (AvgIpc) is 3.27. The number of ether oxygens (including phenoxy) is 1. The first kappa shape index (κ1) is 39.0. The van der Waals surface area contributed by atoms with E-state index in [4.69, 9.17) is 4.74 Å². The van der Waals surface area contributed by atoms with E-state index in [0.717, 1.165) is 128 Å². The van der Waals surface area contributed by atoms with Crippen molar-refractivity contribution in [3.05, 3.63) is 120 Å². The Morgan fingerprint density at radius 2 is 1.14 bits per heavy atom. The number of aliphatic hydroxyl groups is 1. The highest BCUT2D eigenvalue weighted by molar-refractivity contribution is 5.95. The third-order valence-corrected chi connectivity index (χ3v) is 11.4. The standard InChI is InChI=1S/C25H27N5O2.C20H24N4O2/c1-29-11-13-30(14-12-29)25(31)19-6-4-18(5-7-19)20-15-22-23(8-10-27-24(22)28-16-20)32-21-3-2-9-26-17-21;1-23-8-10-24(11-9-23)20(26)15-4-2-14(3-5-15)16-12-17-18(25)6-7-21-19(17)22-13-16/h2-7,9,15-17,23H,8,10-14H2,1H3,(H,27,28);2-5,12-13,18,25H,6-11H2,1H3,(H,21,22). The van der Waals surface area contributed by atoms with Crippen LogP contribution in [0.1, 0.15) is 56.9 Å². The Labute approximate surface area is 339 Å². The highest BCUT2D eigenvalue weighted by atomic mass is 16.5. The number of aliphatic hydroxyl groups excluding tert-OH is 1. The Hall–Kier alpha value is -5.89. The lowest BCUT2D eigenvalue weighted by atomic mass is 9.98. The number of carbonyl (C=O) groups is 2. The van der Waals surface area contributed by atoms with Crippen LogP contribution >= 0.6 is 0 Å². The van der Waals surface area contributed by atoms with E-state index < -0.39 is 6.10 Å². The van der Waals surface area contributed by atoms with Gasteiger partial charge < -0.3 is 40.1 Å². The quantitative estimate of drug-likeness (QED) is 0.203. The Balaban J connectivity index is 0.000000165. The molecule has 4 aliphatic rings.